The van der Waals surface area contributed by atoms with Gasteiger partial charge in [0.2, 0.25) is 0 Å². The van der Waals surface area contributed by atoms with Gasteiger partial charge in [-0.05, 0) is 63.9 Å². The topological polar surface area (TPSA) is 78.3 Å². The molecule has 0 radical (unpaired) electrons. The molecule has 1 N–H and O–H groups in total. The van der Waals surface area contributed by atoms with E-state index in [-0.39, 0.29) is 5.91 Å². The van der Waals surface area contributed by atoms with Crippen LogP contribution in [0, 0.1) is 6.92 Å². The summed E-state index contributed by atoms with van der Waals surface area (Å²) in [5.41, 5.74) is 4.44. The Hall–Kier alpha value is -3.87. The van der Waals surface area contributed by atoms with Crippen LogP contribution in [0.1, 0.15) is 54.4 Å². The highest BCUT2D eigenvalue weighted by atomic mass is 16.5. The molecule has 4 aromatic rings. The van der Waals surface area contributed by atoms with Crippen molar-refractivity contribution >= 4 is 22.6 Å². The molecule has 2 aromatic heterocycles. The maximum atomic E-state index is 13.7. The van der Waals surface area contributed by atoms with Crippen LogP contribution in [0.15, 0.2) is 54.6 Å². The summed E-state index contributed by atoms with van der Waals surface area (Å²) in [6.07, 6.45) is 2.17. The molecule has 7 nitrogen and oxygen atoms in total. The molecule has 2 aromatic carbocycles. The van der Waals surface area contributed by atoms with Crippen molar-refractivity contribution in [2.24, 2.45) is 0 Å². The van der Waals surface area contributed by atoms with E-state index in [1.165, 1.54) is 0 Å². The molecule has 0 aliphatic heterocycles. The largest absolute Gasteiger partial charge is 0.494 e. The number of carbonyl (C=O) groups is 1. The number of benzene rings is 2. The van der Waals surface area contributed by atoms with Gasteiger partial charge in [0.25, 0.3) is 5.91 Å². The van der Waals surface area contributed by atoms with Crippen molar-refractivity contribution in [3.05, 3.63) is 71.5 Å². The molecule has 1 fully saturated rings. The molecule has 7 heteroatoms. The van der Waals surface area contributed by atoms with E-state index in [0.717, 1.165) is 35.3 Å². The molecule has 0 saturated heterocycles. The summed E-state index contributed by atoms with van der Waals surface area (Å²) < 4.78 is 13.2. The van der Waals surface area contributed by atoms with E-state index in [2.05, 4.69) is 5.32 Å². The van der Waals surface area contributed by atoms with Gasteiger partial charge in [-0.1, -0.05) is 18.2 Å². The lowest BCUT2D eigenvalue weighted by Gasteiger charge is -2.14. The highest BCUT2D eigenvalue weighted by molar-refractivity contribution is 6.13. The molecule has 1 aliphatic carbocycles. The maximum absolute atomic E-state index is 13.7. The smallest absolute Gasteiger partial charge is 0.256 e. The van der Waals surface area contributed by atoms with Gasteiger partial charge in [0.1, 0.15) is 11.5 Å². The number of ether oxygens (including phenoxy) is 2. The fourth-order valence-electron chi connectivity index (χ4n) is 4.16. The predicted molar refractivity (Wildman–Crippen MR) is 132 cm³/mol. The summed E-state index contributed by atoms with van der Waals surface area (Å²) in [6, 6.07) is 17.3. The first kappa shape index (κ1) is 21.9. The van der Waals surface area contributed by atoms with Crippen molar-refractivity contribution in [3.8, 4) is 17.2 Å². The number of para-hydroxylation sites is 1. The number of anilines is 1. The molecule has 5 rings (SSSR count). The predicted octanol–water partition coefficient (Wildman–Crippen LogP) is 5.66. The van der Waals surface area contributed by atoms with Gasteiger partial charge in [0.05, 0.1) is 41.2 Å². The van der Waals surface area contributed by atoms with Crippen LogP contribution in [0.25, 0.3) is 16.7 Å². The highest BCUT2D eigenvalue weighted by Gasteiger charge is 2.29. The molecule has 1 saturated carbocycles. The van der Waals surface area contributed by atoms with Crippen LogP contribution in [0.4, 0.5) is 5.69 Å². The van der Waals surface area contributed by atoms with Crippen molar-refractivity contribution in [2.45, 2.75) is 39.5 Å². The minimum absolute atomic E-state index is 0.223. The molecule has 34 heavy (non-hydrogen) atoms. The van der Waals surface area contributed by atoms with Crippen LogP contribution in [0.2, 0.25) is 0 Å². The Labute approximate surface area is 198 Å². The van der Waals surface area contributed by atoms with Crippen LogP contribution < -0.4 is 14.8 Å². The van der Waals surface area contributed by atoms with E-state index < -0.39 is 0 Å². The van der Waals surface area contributed by atoms with Gasteiger partial charge >= 0.3 is 0 Å². The highest BCUT2D eigenvalue weighted by Crippen LogP contribution is 2.41. The van der Waals surface area contributed by atoms with E-state index >= 15 is 0 Å². The Balaban J connectivity index is 1.61. The summed E-state index contributed by atoms with van der Waals surface area (Å²) in [5, 5.41) is 8.56. The summed E-state index contributed by atoms with van der Waals surface area (Å²) >= 11 is 0. The number of hydrogen-bond acceptors (Lipinski definition) is 5. The van der Waals surface area contributed by atoms with Crippen LogP contribution in [-0.2, 0) is 0 Å². The first-order valence-electron chi connectivity index (χ1n) is 11.8. The second-order valence-electron chi connectivity index (χ2n) is 8.38. The third-order valence-electron chi connectivity index (χ3n) is 5.88. The number of aryl methyl sites for hydroxylation is 1. The van der Waals surface area contributed by atoms with E-state index in [4.69, 9.17) is 19.6 Å². The average molecular weight is 457 g/mol. The second kappa shape index (κ2) is 9.17. The van der Waals surface area contributed by atoms with Crippen LogP contribution in [0.3, 0.4) is 0 Å². The Morgan fingerprint density at radius 3 is 2.53 bits per heavy atom. The summed E-state index contributed by atoms with van der Waals surface area (Å²) in [7, 11) is 0. The number of fused-ring (bicyclic) bond motifs is 1. The number of carbonyl (C=O) groups excluding carboxylic acids is 1. The molecular formula is C27H28N4O3. The van der Waals surface area contributed by atoms with Gasteiger partial charge in [-0.3, -0.25) is 4.79 Å². The first-order chi connectivity index (χ1) is 16.6. The molecular weight excluding hydrogens is 428 g/mol. The van der Waals surface area contributed by atoms with Crippen molar-refractivity contribution in [1.29, 1.82) is 0 Å². The van der Waals surface area contributed by atoms with Crippen LogP contribution in [0.5, 0.6) is 11.5 Å². The minimum atomic E-state index is -0.223. The molecule has 0 atom stereocenters. The Morgan fingerprint density at radius 2 is 1.82 bits per heavy atom. The molecule has 1 amide bonds. The quantitative estimate of drug-likeness (QED) is 0.370. The van der Waals surface area contributed by atoms with Gasteiger partial charge in [0, 0.05) is 17.7 Å². The lowest BCUT2D eigenvalue weighted by atomic mass is 10.1. The van der Waals surface area contributed by atoms with E-state index in [9.17, 15) is 4.79 Å². The van der Waals surface area contributed by atoms with Gasteiger partial charge in [0.15, 0.2) is 5.65 Å². The lowest BCUT2D eigenvalue weighted by molar-refractivity contribution is 0.102. The first-order valence-corrected chi connectivity index (χ1v) is 11.8. The molecule has 2 heterocycles. The zero-order valence-corrected chi connectivity index (χ0v) is 19.7. The standard InChI is InChI=1S/C27H28N4O3/c1-4-33-20-13-14-24(34-5-2)23(15-20)29-27(32)21-16-22(18-11-12-18)28-26-25(21)17(3)30-31(26)19-9-7-6-8-10-19/h6-10,13-16,18H,4-5,11-12H2,1-3H3,(H,29,32). The zero-order chi connectivity index (χ0) is 23.7. The Morgan fingerprint density at radius 1 is 1.06 bits per heavy atom. The van der Waals surface area contributed by atoms with Gasteiger partial charge in [-0.25, -0.2) is 9.67 Å². The van der Waals surface area contributed by atoms with Crippen molar-refractivity contribution in [1.82, 2.24) is 14.8 Å². The molecule has 1 aliphatic rings. The molecule has 174 valence electrons. The fraction of sp³-hybridized carbons (Fsp3) is 0.296. The number of hydrogen-bond donors (Lipinski definition) is 1. The van der Waals surface area contributed by atoms with E-state index in [0.29, 0.717) is 47.5 Å². The lowest BCUT2D eigenvalue weighted by Crippen LogP contribution is -2.15. The van der Waals surface area contributed by atoms with Crippen LogP contribution >= 0.6 is 0 Å². The Bertz CT molecular complexity index is 1340. The number of nitrogens with zero attached hydrogens (tertiary/aromatic N) is 3. The molecule has 0 bridgehead atoms. The number of aromatic nitrogens is 3. The monoisotopic (exact) mass is 456 g/mol. The van der Waals surface area contributed by atoms with Crippen molar-refractivity contribution in [2.75, 3.05) is 18.5 Å². The number of nitrogens with one attached hydrogen (secondary N) is 1. The fourth-order valence-corrected chi connectivity index (χ4v) is 4.16. The van der Waals surface area contributed by atoms with E-state index in [1.54, 1.807) is 6.07 Å². The normalized spacial score (nSPS) is 13.1. The number of amides is 1. The minimum Gasteiger partial charge on any atom is -0.494 e. The van der Waals surface area contributed by atoms with Gasteiger partial charge in [-0.15, -0.1) is 0 Å². The third-order valence-corrected chi connectivity index (χ3v) is 5.88. The van der Waals surface area contributed by atoms with Gasteiger partial charge in [-0.2, -0.15) is 5.10 Å². The van der Waals surface area contributed by atoms with E-state index in [1.807, 2.05) is 74.0 Å². The average Bonchev–Trinajstić information content (AvgIpc) is 3.65. The molecule has 0 unspecified atom stereocenters. The third kappa shape index (κ3) is 4.21. The summed E-state index contributed by atoms with van der Waals surface area (Å²) in [6.45, 7) is 6.78. The molecule has 0 spiro atoms. The number of rotatable bonds is 8. The number of pyridine rings is 1. The van der Waals surface area contributed by atoms with Crippen LogP contribution in [-0.4, -0.2) is 33.9 Å². The Kier molecular flexibility index (Phi) is 5.92. The SMILES string of the molecule is CCOc1ccc(OCC)c(NC(=O)c2cc(C3CC3)nc3c2c(C)nn3-c2ccccc2)c1. The zero-order valence-electron chi connectivity index (χ0n) is 19.7. The van der Waals surface area contributed by atoms with Crippen molar-refractivity contribution < 1.29 is 14.3 Å². The summed E-state index contributed by atoms with van der Waals surface area (Å²) in [5.74, 6) is 1.44. The second-order valence-corrected chi connectivity index (χ2v) is 8.38. The van der Waals surface area contributed by atoms with Gasteiger partial charge < -0.3 is 14.8 Å². The van der Waals surface area contributed by atoms with Crippen molar-refractivity contribution in [3.63, 3.8) is 0 Å². The maximum Gasteiger partial charge on any atom is 0.256 e. The summed E-state index contributed by atoms with van der Waals surface area (Å²) in [4.78, 5) is 18.6.